The number of furan rings is 1. The Morgan fingerprint density at radius 2 is 2.00 bits per heavy atom. The molecule has 0 aliphatic rings. The molecular formula is C10H15NO2. The molecule has 0 aromatic carbocycles. The van der Waals surface area contributed by atoms with Crippen molar-refractivity contribution in [2.24, 2.45) is 5.73 Å². The molecule has 0 spiro atoms. The van der Waals surface area contributed by atoms with Gasteiger partial charge in [-0.3, -0.25) is 4.79 Å². The summed E-state index contributed by atoms with van der Waals surface area (Å²) in [6.45, 7) is 8.05. The Labute approximate surface area is 77.9 Å². The maximum atomic E-state index is 10.9. The predicted molar refractivity (Wildman–Crippen MR) is 50.7 cm³/mol. The van der Waals surface area contributed by atoms with Crippen molar-refractivity contribution < 1.29 is 9.21 Å². The third-order valence-corrected chi connectivity index (χ3v) is 2.07. The first-order chi connectivity index (χ1) is 5.84. The van der Waals surface area contributed by atoms with Gasteiger partial charge in [0, 0.05) is 5.56 Å². The van der Waals surface area contributed by atoms with Crippen molar-refractivity contribution in [3.05, 3.63) is 23.2 Å². The Morgan fingerprint density at radius 3 is 2.23 bits per heavy atom. The van der Waals surface area contributed by atoms with Gasteiger partial charge in [0.1, 0.15) is 0 Å². The Balaban J connectivity index is 3.22. The molecule has 1 rings (SSSR count). The zero-order valence-electron chi connectivity index (χ0n) is 8.47. The number of hydrogen-bond acceptors (Lipinski definition) is 2. The van der Waals surface area contributed by atoms with E-state index < -0.39 is 5.91 Å². The van der Waals surface area contributed by atoms with Crippen molar-refractivity contribution in [1.29, 1.82) is 0 Å². The van der Waals surface area contributed by atoms with Crippen molar-refractivity contribution in [1.82, 2.24) is 0 Å². The number of nitrogens with two attached hydrogens (primary N) is 1. The molecule has 0 aliphatic carbocycles. The number of carbonyl (C=O) groups is 1. The first-order valence-corrected chi connectivity index (χ1v) is 4.22. The van der Waals surface area contributed by atoms with Crippen LogP contribution in [0.15, 0.2) is 10.7 Å². The zero-order chi connectivity index (χ0) is 10.2. The van der Waals surface area contributed by atoms with Gasteiger partial charge in [-0.05, 0) is 17.9 Å². The van der Waals surface area contributed by atoms with Gasteiger partial charge < -0.3 is 10.2 Å². The minimum absolute atomic E-state index is 0.0126. The second-order valence-corrected chi connectivity index (χ2v) is 4.22. The van der Waals surface area contributed by atoms with Crippen LogP contribution in [0.2, 0.25) is 0 Å². The molecule has 0 saturated carbocycles. The van der Waals surface area contributed by atoms with E-state index in [9.17, 15) is 4.79 Å². The van der Waals surface area contributed by atoms with Gasteiger partial charge >= 0.3 is 0 Å². The highest BCUT2D eigenvalue weighted by Gasteiger charge is 2.22. The fraction of sp³-hybridized carbons (Fsp3) is 0.500. The van der Waals surface area contributed by atoms with E-state index >= 15 is 0 Å². The molecule has 3 nitrogen and oxygen atoms in total. The van der Waals surface area contributed by atoms with Crippen LogP contribution in [0.5, 0.6) is 0 Å². The van der Waals surface area contributed by atoms with Crippen molar-refractivity contribution in [2.75, 3.05) is 0 Å². The van der Waals surface area contributed by atoms with Crippen LogP contribution in [0.4, 0.5) is 0 Å². The second kappa shape index (κ2) is 2.91. The Bertz CT molecular complexity index is 331. The molecule has 1 aromatic rings. The average molecular weight is 181 g/mol. The number of carbonyl (C=O) groups excluding carboxylic acids is 1. The third-order valence-electron chi connectivity index (χ3n) is 2.07. The number of hydrogen-bond donors (Lipinski definition) is 1. The van der Waals surface area contributed by atoms with Gasteiger partial charge in [0.25, 0.3) is 5.91 Å². The first kappa shape index (κ1) is 9.84. The van der Waals surface area contributed by atoms with E-state index in [1.165, 1.54) is 0 Å². The Hall–Kier alpha value is -1.25. The standard InChI is InChI=1S/C10H15NO2/c1-6-7(10(2,3)4)5-13-8(6)9(11)12/h5H,1-4H3,(H2,11,12). The lowest BCUT2D eigenvalue weighted by Gasteiger charge is -2.16. The fourth-order valence-electron chi connectivity index (χ4n) is 1.40. The minimum Gasteiger partial charge on any atom is -0.459 e. The SMILES string of the molecule is Cc1c(C(C)(C)C)coc1C(N)=O. The Morgan fingerprint density at radius 1 is 1.46 bits per heavy atom. The molecule has 2 N–H and O–H groups in total. The lowest BCUT2D eigenvalue weighted by atomic mass is 9.86. The van der Waals surface area contributed by atoms with E-state index in [1.54, 1.807) is 6.26 Å². The summed E-state index contributed by atoms with van der Waals surface area (Å²) in [5.41, 5.74) is 7.00. The van der Waals surface area contributed by atoms with E-state index in [-0.39, 0.29) is 11.2 Å². The summed E-state index contributed by atoms with van der Waals surface area (Å²) < 4.78 is 5.11. The maximum absolute atomic E-state index is 10.9. The summed E-state index contributed by atoms with van der Waals surface area (Å²) in [6, 6.07) is 0. The van der Waals surface area contributed by atoms with Crippen LogP contribution >= 0.6 is 0 Å². The molecule has 3 heteroatoms. The zero-order valence-corrected chi connectivity index (χ0v) is 8.47. The number of rotatable bonds is 1. The molecule has 0 radical (unpaired) electrons. The van der Waals surface area contributed by atoms with E-state index in [2.05, 4.69) is 20.8 Å². The van der Waals surface area contributed by atoms with Crippen molar-refractivity contribution in [3.8, 4) is 0 Å². The molecular weight excluding hydrogens is 166 g/mol. The lowest BCUT2D eigenvalue weighted by molar-refractivity contribution is 0.0973. The highest BCUT2D eigenvalue weighted by atomic mass is 16.3. The van der Waals surface area contributed by atoms with Crippen LogP contribution in [0.3, 0.4) is 0 Å². The molecule has 0 saturated heterocycles. The van der Waals surface area contributed by atoms with Gasteiger partial charge in [0.2, 0.25) is 0 Å². The number of amides is 1. The second-order valence-electron chi connectivity index (χ2n) is 4.22. The molecule has 1 amide bonds. The van der Waals surface area contributed by atoms with Crippen molar-refractivity contribution in [2.45, 2.75) is 33.1 Å². The van der Waals surface area contributed by atoms with Crippen LogP contribution in [0.1, 0.15) is 42.5 Å². The van der Waals surface area contributed by atoms with E-state index in [4.69, 9.17) is 10.2 Å². The van der Waals surface area contributed by atoms with Gasteiger partial charge in [-0.15, -0.1) is 0 Å². The highest BCUT2D eigenvalue weighted by molar-refractivity contribution is 5.91. The number of primary amides is 1. The van der Waals surface area contributed by atoms with Gasteiger partial charge in [0.05, 0.1) is 6.26 Å². The van der Waals surface area contributed by atoms with Gasteiger partial charge in [-0.1, -0.05) is 20.8 Å². The van der Waals surface area contributed by atoms with E-state index in [0.717, 1.165) is 11.1 Å². The third kappa shape index (κ3) is 1.74. The summed E-state index contributed by atoms with van der Waals surface area (Å²) in [5.74, 6) is -0.238. The molecule has 0 atom stereocenters. The molecule has 13 heavy (non-hydrogen) atoms. The minimum atomic E-state index is -0.506. The quantitative estimate of drug-likeness (QED) is 0.720. The van der Waals surface area contributed by atoms with Crippen LogP contribution in [0.25, 0.3) is 0 Å². The summed E-state index contributed by atoms with van der Waals surface area (Å²) in [7, 11) is 0. The monoisotopic (exact) mass is 181 g/mol. The normalized spacial score (nSPS) is 11.7. The largest absolute Gasteiger partial charge is 0.459 e. The summed E-state index contributed by atoms with van der Waals surface area (Å²) in [5, 5.41) is 0. The van der Waals surface area contributed by atoms with E-state index in [0.29, 0.717) is 0 Å². The fourth-order valence-corrected chi connectivity index (χ4v) is 1.40. The van der Waals surface area contributed by atoms with Crippen LogP contribution < -0.4 is 5.73 Å². The average Bonchev–Trinajstić information content (AvgIpc) is 2.28. The topological polar surface area (TPSA) is 56.2 Å². The Kier molecular flexibility index (Phi) is 2.20. The van der Waals surface area contributed by atoms with Crippen molar-refractivity contribution >= 4 is 5.91 Å². The van der Waals surface area contributed by atoms with Crippen LogP contribution in [-0.4, -0.2) is 5.91 Å². The van der Waals surface area contributed by atoms with Gasteiger partial charge in [0.15, 0.2) is 5.76 Å². The van der Waals surface area contributed by atoms with E-state index in [1.807, 2.05) is 6.92 Å². The molecule has 0 unspecified atom stereocenters. The van der Waals surface area contributed by atoms with Gasteiger partial charge in [-0.25, -0.2) is 0 Å². The molecule has 1 aromatic heterocycles. The summed E-state index contributed by atoms with van der Waals surface area (Å²) >= 11 is 0. The molecule has 0 bridgehead atoms. The summed E-state index contributed by atoms with van der Waals surface area (Å²) in [6.07, 6.45) is 1.61. The molecule has 1 heterocycles. The van der Waals surface area contributed by atoms with Gasteiger partial charge in [-0.2, -0.15) is 0 Å². The molecule has 72 valence electrons. The lowest BCUT2D eigenvalue weighted by Crippen LogP contribution is -2.14. The predicted octanol–water partition coefficient (Wildman–Crippen LogP) is 1.98. The maximum Gasteiger partial charge on any atom is 0.284 e. The van der Waals surface area contributed by atoms with Crippen LogP contribution in [-0.2, 0) is 5.41 Å². The van der Waals surface area contributed by atoms with Crippen molar-refractivity contribution in [3.63, 3.8) is 0 Å². The smallest absolute Gasteiger partial charge is 0.284 e. The molecule has 0 aliphatic heterocycles. The molecule has 0 fully saturated rings. The van der Waals surface area contributed by atoms with Crippen LogP contribution in [0, 0.1) is 6.92 Å². The first-order valence-electron chi connectivity index (χ1n) is 4.22. The summed E-state index contributed by atoms with van der Waals surface area (Å²) in [4.78, 5) is 10.9. The highest BCUT2D eigenvalue weighted by Crippen LogP contribution is 2.28.